The van der Waals surface area contributed by atoms with Gasteiger partial charge < -0.3 is 5.73 Å². The molecule has 1 aliphatic heterocycles. The first-order valence-electron chi connectivity index (χ1n) is 5.86. The van der Waals surface area contributed by atoms with Gasteiger partial charge in [0.15, 0.2) is 0 Å². The van der Waals surface area contributed by atoms with Crippen LogP contribution in [0.5, 0.6) is 0 Å². The standard InChI is InChI=1S/C13H20N2/c14-13-7-4-9-15(10-8-13)11-12-5-2-1-3-6-12/h1-3,5-6,13H,4,7-11,14H2/t13-/m0/s1. The summed E-state index contributed by atoms with van der Waals surface area (Å²) in [7, 11) is 0. The van der Waals surface area contributed by atoms with Gasteiger partial charge in [0.1, 0.15) is 0 Å². The van der Waals surface area contributed by atoms with Gasteiger partial charge in [-0.3, -0.25) is 4.90 Å². The molecule has 0 amide bonds. The molecule has 1 aliphatic rings. The molecular formula is C13H20N2. The summed E-state index contributed by atoms with van der Waals surface area (Å²) >= 11 is 0. The van der Waals surface area contributed by atoms with Crippen molar-refractivity contribution in [1.29, 1.82) is 0 Å². The molecule has 1 saturated heterocycles. The molecule has 0 unspecified atom stereocenters. The summed E-state index contributed by atoms with van der Waals surface area (Å²) in [6.07, 6.45) is 3.58. The van der Waals surface area contributed by atoms with Gasteiger partial charge in [-0.25, -0.2) is 0 Å². The Labute approximate surface area is 92.1 Å². The van der Waals surface area contributed by atoms with Crippen molar-refractivity contribution in [3.63, 3.8) is 0 Å². The van der Waals surface area contributed by atoms with Crippen molar-refractivity contribution in [2.45, 2.75) is 31.8 Å². The quantitative estimate of drug-likeness (QED) is 0.798. The van der Waals surface area contributed by atoms with Crippen LogP contribution in [0, 0.1) is 0 Å². The lowest BCUT2D eigenvalue weighted by Gasteiger charge is -2.19. The molecule has 2 heteroatoms. The third kappa shape index (κ3) is 3.33. The zero-order valence-corrected chi connectivity index (χ0v) is 9.23. The molecule has 1 heterocycles. The van der Waals surface area contributed by atoms with Gasteiger partial charge in [0.25, 0.3) is 0 Å². The molecule has 0 radical (unpaired) electrons. The Balaban J connectivity index is 1.89. The SMILES string of the molecule is N[C@H]1CCCN(Cc2ccccc2)CC1. The Bertz CT molecular complexity index is 284. The van der Waals surface area contributed by atoms with Crippen LogP contribution >= 0.6 is 0 Å². The van der Waals surface area contributed by atoms with Gasteiger partial charge in [-0.05, 0) is 37.9 Å². The van der Waals surface area contributed by atoms with Crippen LogP contribution in [0.25, 0.3) is 0 Å². The summed E-state index contributed by atoms with van der Waals surface area (Å²) in [4.78, 5) is 2.52. The lowest BCUT2D eigenvalue weighted by atomic mass is 10.1. The fourth-order valence-corrected chi connectivity index (χ4v) is 2.18. The van der Waals surface area contributed by atoms with E-state index in [0.29, 0.717) is 6.04 Å². The molecule has 2 N–H and O–H groups in total. The van der Waals surface area contributed by atoms with E-state index in [2.05, 4.69) is 35.2 Å². The summed E-state index contributed by atoms with van der Waals surface area (Å²) in [6, 6.07) is 11.1. The normalized spacial score (nSPS) is 23.7. The van der Waals surface area contributed by atoms with Crippen LogP contribution in [0.2, 0.25) is 0 Å². The molecule has 1 atom stereocenters. The number of rotatable bonds is 2. The highest BCUT2D eigenvalue weighted by Crippen LogP contribution is 2.12. The molecule has 1 aromatic rings. The minimum atomic E-state index is 0.422. The van der Waals surface area contributed by atoms with Gasteiger partial charge in [0.05, 0.1) is 0 Å². The van der Waals surface area contributed by atoms with Crippen molar-refractivity contribution >= 4 is 0 Å². The second-order valence-corrected chi connectivity index (χ2v) is 4.45. The van der Waals surface area contributed by atoms with E-state index in [-0.39, 0.29) is 0 Å². The molecule has 82 valence electrons. The topological polar surface area (TPSA) is 29.3 Å². The van der Waals surface area contributed by atoms with E-state index in [1.807, 2.05) is 0 Å². The molecule has 0 bridgehead atoms. The van der Waals surface area contributed by atoms with E-state index < -0.39 is 0 Å². The van der Waals surface area contributed by atoms with Gasteiger partial charge in [-0.2, -0.15) is 0 Å². The molecule has 15 heavy (non-hydrogen) atoms. The van der Waals surface area contributed by atoms with Crippen LogP contribution in [0.15, 0.2) is 30.3 Å². The van der Waals surface area contributed by atoms with Crippen molar-refractivity contribution in [3.05, 3.63) is 35.9 Å². The van der Waals surface area contributed by atoms with Crippen molar-refractivity contribution in [3.8, 4) is 0 Å². The van der Waals surface area contributed by atoms with E-state index in [1.54, 1.807) is 0 Å². The van der Waals surface area contributed by atoms with Gasteiger partial charge >= 0.3 is 0 Å². The summed E-state index contributed by atoms with van der Waals surface area (Å²) in [5.74, 6) is 0. The summed E-state index contributed by atoms with van der Waals surface area (Å²) < 4.78 is 0. The molecule has 2 rings (SSSR count). The fraction of sp³-hybridized carbons (Fsp3) is 0.538. The Morgan fingerprint density at radius 3 is 2.73 bits per heavy atom. The molecule has 2 nitrogen and oxygen atoms in total. The van der Waals surface area contributed by atoms with Crippen LogP contribution < -0.4 is 5.73 Å². The molecule has 0 saturated carbocycles. The second kappa shape index (κ2) is 5.29. The van der Waals surface area contributed by atoms with E-state index in [4.69, 9.17) is 5.73 Å². The molecule has 1 fully saturated rings. The van der Waals surface area contributed by atoms with E-state index in [0.717, 1.165) is 19.5 Å². The van der Waals surface area contributed by atoms with Gasteiger partial charge in [-0.15, -0.1) is 0 Å². The first-order valence-corrected chi connectivity index (χ1v) is 5.86. The zero-order chi connectivity index (χ0) is 10.5. The lowest BCUT2D eigenvalue weighted by molar-refractivity contribution is 0.276. The second-order valence-electron chi connectivity index (χ2n) is 4.45. The van der Waals surface area contributed by atoms with Crippen molar-refractivity contribution in [2.24, 2.45) is 5.73 Å². The molecule has 0 aliphatic carbocycles. The fourth-order valence-electron chi connectivity index (χ4n) is 2.18. The highest BCUT2D eigenvalue weighted by molar-refractivity contribution is 5.14. The van der Waals surface area contributed by atoms with Crippen LogP contribution in [0.4, 0.5) is 0 Å². The largest absolute Gasteiger partial charge is 0.328 e. The Morgan fingerprint density at radius 2 is 1.93 bits per heavy atom. The predicted molar refractivity (Wildman–Crippen MR) is 63.5 cm³/mol. The third-order valence-corrected chi connectivity index (χ3v) is 3.11. The summed E-state index contributed by atoms with van der Waals surface area (Å²) in [5, 5.41) is 0. The monoisotopic (exact) mass is 204 g/mol. The number of hydrogen-bond acceptors (Lipinski definition) is 2. The minimum Gasteiger partial charge on any atom is -0.328 e. The number of nitrogens with two attached hydrogens (primary N) is 1. The molecule has 1 aromatic carbocycles. The van der Waals surface area contributed by atoms with Crippen molar-refractivity contribution in [1.82, 2.24) is 4.90 Å². The summed E-state index contributed by atoms with van der Waals surface area (Å²) in [6.45, 7) is 3.42. The Morgan fingerprint density at radius 1 is 1.13 bits per heavy atom. The van der Waals surface area contributed by atoms with E-state index >= 15 is 0 Å². The first-order chi connectivity index (χ1) is 7.34. The molecular weight excluding hydrogens is 184 g/mol. The average molecular weight is 204 g/mol. The number of likely N-dealkylation sites (tertiary alicyclic amines) is 1. The highest BCUT2D eigenvalue weighted by Gasteiger charge is 2.13. The van der Waals surface area contributed by atoms with Crippen LogP contribution in [-0.4, -0.2) is 24.0 Å². The average Bonchev–Trinajstić information content (AvgIpc) is 2.46. The van der Waals surface area contributed by atoms with Gasteiger partial charge in [-0.1, -0.05) is 30.3 Å². The Hall–Kier alpha value is -0.860. The maximum atomic E-state index is 5.96. The van der Waals surface area contributed by atoms with Crippen LogP contribution in [-0.2, 0) is 6.54 Å². The molecule has 0 aromatic heterocycles. The predicted octanol–water partition coefficient (Wildman–Crippen LogP) is 2.00. The minimum absolute atomic E-state index is 0.422. The number of benzene rings is 1. The van der Waals surface area contributed by atoms with Crippen molar-refractivity contribution in [2.75, 3.05) is 13.1 Å². The van der Waals surface area contributed by atoms with E-state index in [1.165, 1.54) is 24.9 Å². The maximum Gasteiger partial charge on any atom is 0.0233 e. The first kappa shape index (κ1) is 10.7. The van der Waals surface area contributed by atoms with Crippen LogP contribution in [0.3, 0.4) is 0 Å². The highest BCUT2D eigenvalue weighted by atomic mass is 15.1. The van der Waals surface area contributed by atoms with Crippen LogP contribution in [0.1, 0.15) is 24.8 Å². The zero-order valence-electron chi connectivity index (χ0n) is 9.23. The smallest absolute Gasteiger partial charge is 0.0233 e. The molecule has 0 spiro atoms. The summed E-state index contributed by atoms with van der Waals surface area (Å²) in [5.41, 5.74) is 7.37. The third-order valence-electron chi connectivity index (χ3n) is 3.11. The van der Waals surface area contributed by atoms with Gasteiger partial charge in [0.2, 0.25) is 0 Å². The van der Waals surface area contributed by atoms with Gasteiger partial charge in [0, 0.05) is 12.6 Å². The Kier molecular flexibility index (Phi) is 3.75. The number of hydrogen-bond donors (Lipinski definition) is 1. The maximum absolute atomic E-state index is 5.96. The van der Waals surface area contributed by atoms with E-state index in [9.17, 15) is 0 Å². The lowest BCUT2D eigenvalue weighted by Crippen LogP contribution is -2.26. The number of nitrogens with zero attached hydrogens (tertiary/aromatic N) is 1. The van der Waals surface area contributed by atoms with Crippen molar-refractivity contribution < 1.29 is 0 Å².